The van der Waals surface area contributed by atoms with E-state index in [1.165, 1.54) is 11.8 Å². The average molecular weight is 456 g/mol. The van der Waals surface area contributed by atoms with Crippen molar-refractivity contribution < 1.29 is 13.2 Å². The maximum atomic E-state index is 13.2. The van der Waals surface area contributed by atoms with Gasteiger partial charge in [-0.05, 0) is 17.5 Å². The molecule has 162 valence electrons. The number of benzene rings is 2. The second-order valence-electron chi connectivity index (χ2n) is 7.70. The third-order valence-corrected chi connectivity index (χ3v) is 8.28. The number of amides is 1. The van der Waals surface area contributed by atoms with Crippen molar-refractivity contribution in [1.29, 1.82) is 0 Å². The predicted octanol–water partition coefficient (Wildman–Crippen LogP) is 3.40. The van der Waals surface area contributed by atoms with Crippen LogP contribution in [-0.2, 0) is 28.2 Å². The molecule has 0 spiro atoms. The minimum Gasteiger partial charge on any atom is -0.334 e. The van der Waals surface area contributed by atoms with Gasteiger partial charge in [0.05, 0.1) is 29.1 Å². The van der Waals surface area contributed by atoms with Crippen LogP contribution in [0.5, 0.6) is 0 Å². The summed E-state index contributed by atoms with van der Waals surface area (Å²) in [6, 6.07) is 19.4. The lowest BCUT2D eigenvalue weighted by atomic mass is 10.1. The number of hydrogen-bond donors (Lipinski definition) is 0. The summed E-state index contributed by atoms with van der Waals surface area (Å²) in [6.07, 6.45) is 2.31. The molecule has 0 radical (unpaired) electrons. The van der Waals surface area contributed by atoms with Crippen molar-refractivity contribution in [3.8, 4) is 11.3 Å². The Hall–Kier alpha value is -2.58. The molecule has 0 saturated carbocycles. The first-order valence-corrected chi connectivity index (χ1v) is 13.0. The van der Waals surface area contributed by atoms with Crippen molar-refractivity contribution in [3.63, 3.8) is 0 Å². The van der Waals surface area contributed by atoms with Gasteiger partial charge in [-0.1, -0.05) is 72.4 Å². The molecule has 1 atom stereocenters. The molecule has 0 bridgehead atoms. The number of carbonyl (C=O) groups excluding carboxylic acids is 1. The number of hydrogen-bond acceptors (Lipinski definition) is 5. The van der Waals surface area contributed by atoms with E-state index >= 15 is 0 Å². The maximum Gasteiger partial charge on any atom is 0.233 e. The first kappa shape index (κ1) is 21.6. The minimum absolute atomic E-state index is 0.0385. The van der Waals surface area contributed by atoms with Crippen molar-refractivity contribution in [1.82, 2.24) is 14.5 Å². The fourth-order valence-corrected chi connectivity index (χ4v) is 6.40. The Balaban J connectivity index is 1.48. The molecule has 1 aliphatic heterocycles. The highest BCUT2D eigenvalue weighted by Crippen LogP contribution is 2.26. The van der Waals surface area contributed by atoms with Gasteiger partial charge in [0.1, 0.15) is 0 Å². The van der Waals surface area contributed by atoms with E-state index in [1.807, 2.05) is 78.5 Å². The maximum absolute atomic E-state index is 13.2. The molecule has 1 aromatic heterocycles. The Morgan fingerprint density at radius 1 is 1.13 bits per heavy atom. The van der Waals surface area contributed by atoms with Crippen molar-refractivity contribution in [2.24, 2.45) is 7.05 Å². The van der Waals surface area contributed by atoms with E-state index in [0.29, 0.717) is 13.0 Å². The number of nitrogens with zero attached hydrogens (tertiary/aromatic N) is 3. The third-order valence-electron chi connectivity index (χ3n) is 5.51. The Bertz CT molecular complexity index is 1150. The lowest BCUT2D eigenvalue weighted by Gasteiger charge is -2.28. The minimum atomic E-state index is -3.08. The highest BCUT2D eigenvalue weighted by atomic mass is 32.2. The molecule has 1 amide bonds. The quantitative estimate of drug-likeness (QED) is 0.511. The van der Waals surface area contributed by atoms with Crippen LogP contribution >= 0.6 is 11.8 Å². The normalized spacial score (nSPS) is 17.5. The zero-order valence-electron chi connectivity index (χ0n) is 17.3. The Labute approximate surface area is 187 Å². The zero-order valence-corrected chi connectivity index (χ0v) is 19.0. The summed E-state index contributed by atoms with van der Waals surface area (Å²) < 4.78 is 26.0. The van der Waals surface area contributed by atoms with E-state index in [0.717, 1.165) is 22.0 Å². The Morgan fingerprint density at radius 3 is 2.45 bits per heavy atom. The highest BCUT2D eigenvalue weighted by Gasteiger charge is 2.34. The van der Waals surface area contributed by atoms with Crippen LogP contribution in [0, 0.1) is 0 Å². The van der Waals surface area contributed by atoms with Gasteiger partial charge < -0.3 is 9.47 Å². The largest absolute Gasteiger partial charge is 0.334 e. The summed E-state index contributed by atoms with van der Waals surface area (Å²) in [5.74, 6) is 0.322. The molecule has 2 aromatic carbocycles. The SMILES string of the molecule is Cn1c(-c2ccccc2)cnc1SCC(=O)N(Cc1ccccc1)C1CCS(=O)(=O)C1. The van der Waals surface area contributed by atoms with Crippen LogP contribution in [0.2, 0.25) is 0 Å². The molecular formula is C23H25N3O3S2. The van der Waals surface area contributed by atoms with Crippen LogP contribution < -0.4 is 0 Å². The van der Waals surface area contributed by atoms with Crippen LogP contribution in [0.25, 0.3) is 11.3 Å². The van der Waals surface area contributed by atoms with Crippen LogP contribution in [0.3, 0.4) is 0 Å². The number of imidazole rings is 1. The molecule has 1 fully saturated rings. The van der Waals surface area contributed by atoms with Gasteiger partial charge in [0, 0.05) is 19.6 Å². The topological polar surface area (TPSA) is 72.3 Å². The lowest BCUT2D eigenvalue weighted by molar-refractivity contribution is -0.130. The summed E-state index contributed by atoms with van der Waals surface area (Å²) in [5.41, 5.74) is 3.05. The molecule has 8 heteroatoms. The zero-order chi connectivity index (χ0) is 21.8. The summed E-state index contributed by atoms with van der Waals surface area (Å²) in [7, 11) is -1.15. The van der Waals surface area contributed by atoms with Gasteiger partial charge in [-0.15, -0.1) is 0 Å². The van der Waals surface area contributed by atoms with Crippen molar-refractivity contribution >= 4 is 27.5 Å². The number of sulfone groups is 1. The molecule has 31 heavy (non-hydrogen) atoms. The lowest BCUT2D eigenvalue weighted by Crippen LogP contribution is -2.41. The van der Waals surface area contributed by atoms with E-state index < -0.39 is 9.84 Å². The molecule has 0 N–H and O–H groups in total. The van der Waals surface area contributed by atoms with Gasteiger partial charge in [0.15, 0.2) is 15.0 Å². The molecule has 4 rings (SSSR count). The van der Waals surface area contributed by atoms with Gasteiger partial charge in [-0.2, -0.15) is 0 Å². The van der Waals surface area contributed by atoms with E-state index in [2.05, 4.69) is 4.98 Å². The van der Waals surface area contributed by atoms with Crippen LogP contribution in [0.1, 0.15) is 12.0 Å². The molecule has 0 aliphatic carbocycles. The average Bonchev–Trinajstić information content (AvgIpc) is 3.33. The molecule has 1 aliphatic rings. The number of aromatic nitrogens is 2. The van der Waals surface area contributed by atoms with Crippen molar-refractivity contribution in [2.45, 2.75) is 24.2 Å². The van der Waals surface area contributed by atoms with E-state index in [4.69, 9.17) is 0 Å². The summed E-state index contributed by atoms with van der Waals surface area (Å²) in [4.78, 5) is 19.4. The second-order valence-corrected chi connectivity index (χ2v) is 10.9. The van der Waals surface area contributed by atoms with Crippen molar-refractivity contribution in [2.75, 3.05) is 17.3 Å². The van der Waals surface area contributed by atoms with Crippen LogP contribution in [0.4, 0.5) is 0 Å². The monoisotopic (exact) mass is 455 g/mol. The van der Waals surface area contributed by atoms with Gasteiger partial charge in [0.25, 0.3) is 0 Å². The first-order chi connectivity index (χ1) is 14.9. The number of carbonyl (C=O) groups is 1. The van der Waals surface area contributed by atoms with E-state index in [1.54, 1.807) is 4.90 Å². The Kier molecular flexibility index (Phi) is 6.48. The van der Waals surface area contributed by atoms with E-state index in [-0.39, 0.29) is 29.2 Å². The molecule has 1 unspecified atom stereocenters. The van der Waals surface area contributed by atoms with E-state index in [9.17, 15) is 13.2 Å². The molecule has 3 aromatic rings. The molecule has 2 heterocycles. The van der Waals surface area contributed by atoms with Gasteiger partial charge in [-0.25, -0.2) is 13.4 Å². The predicted molar refractivity (Wildman–Crippen MR) is 123 cm³/mol. The summed E-state index contributed by atoms with van der Waals surface area (Å²) >= 11 is 1.38. The van der Waals surface area contributed by atoms with Gasteiger partial charge >= 0.3 is 0 Å². The standard InChI is InChI=1S/C23H25N3O3S2/c1-25-21(19-10-6-3-7-11-19)14-24-23(25)30-16-22(27)26(15-18-8-4-2-5-9-18)20-12-13-31(28,29)17-20/h2-11,14,20H,12-13,15-17H2,1H3. The summed E-state index contributed by atoms with van der Waals surface area (Å²) in [6.45, 7) is 0.413. The smallest absolute Gasteiger partial charge is 0.233 e. The third kappa shape index (κ3) is 5.19. The summed E-state index contributed by atoms with van der Waals surface area (Å²) in [5, 5.41) is 0.755. The van der Waals surface area contributed by atoms with Gasteiger partial charge in [-0.3, -0.25) is 4.79 Å². The number of thioether (sulfide) groups is 1. The van der Waals surface area contributed by atoms with Crippen LogP contribution in [0.15, 0.2) is 72.0 Å². The fraction of sp³-hybridized carbons (Fsp3) is 0.304. The molecular weight excluding hydrogens is 430 g/mol. The van der Waals surface area contributed by atoms with Crippen LogP contribution in [-0.4, -0.2) is 52.1 Å². The fourth-order valence-electron chi connectivity index (χ4n) is 3.84. The first-order valence-electron chi connectivity index (χ1n) is 10.2. The van der Waals surface area contributed by atoms with Gasteiger partial charge in [0.2, 0.25) is 5.91 Å². The Morgan fingerprint density at radius 2 is 1.81 bits per heavy atom. The molecule has 1 saturated heterocycles. The molecule has 6 nitrogen and oxygen atoms in total. The van der Waals surface area contributed by atoms with Crippen molar-refractivity contribution in [3.05, 3.63) is 72.4 Å². The second kappa shape index (κ2) is 9.28. The highest BCUT2D eigenvalue weighted by molar-refractivity contribution is 7.99. The number of rotatable bonds is 7.